The molecule has 0 heterocycles. The highest BCUT2D eigenvalue weighted by Crippen LogP contribution is 2.13. The minimum atomic E-state index is -0.548. The average Bonchev–Trinajstić information content (AvgIpc) is 2.39. The molecule has 0 saturated carbocycles. The quantitative estimate of drug-likeness (QED) is 0.631. The summed E-state index contributed by atoms with van der Waals surface area (Å²) in [5.74, 6) is -0.125. The molecule has 0 atom stereocenters. The fourth-order valence-electron chi connectivity index (χ4n) is 1.39. The molecule has 5 heteroatoms. The van der Waals surface area contributed by atoms with E-state index in [9.17, 15) is 9.59 Å². The number of unbranched alkanes of at least 4 members (excludes halogenated alkanes) is 1. The van der Waals surface area contributed by atoms with E-state index < -0.39 is 5.97 Å². The Kier molecular flexibility index (Phi) is 6.43. The highest BCUT2D eigenvalue weighted by Gasteiger charge is 2.05. The monoisotopic (exact) mass is 265 g/mol. The summed E-state index contributed by atoms with van der Waals surface area (Å²) in [6.45, 7) is 4.03. The van der Waals surface area contributed by atoms with Crippen molar-refractivity contribution >= 4 is 11.9 Å². The van der Waals surface area contributed by atoms with Crippen molar-refractivity contribution in [3.05, 3.63) is 29.8 Å². The summed E-state index contributed by atoms with van der Waals surface area (Å²) in [6, 6.07) is 7.28. The van der Waals surface area contributed by atoms with Crippen molar-refractivity contribution in [1.82, 2.24) is 5.48 Å². The van der Waals surface area contributed by atoms with Gasteiger partial charge in [-0.05, 0) is 24.1 Å². The van der Waals surface area contributed by atoms with Crippen LogP contribution >= 0.6 is 0 Å². The van der Waals surface area contributed by atoms with Crippen molar-refractivity contribution in [3.63, 3.8) is 0 Å². The minimum Gasteiger partial charge on any atom is -0.494 e. The molecule has 1 aromatic rings. The zero-order valence-electron chi connectivity index (χ0n) is 11.3. The molecule has 1 rings (SSSR count). The summed E-state index contributed by atoms with van der Waals surface area (Å²) in [5.41, 5.74) is 2.89. The lowest BCUT2D eigenvalue weighted by molar-refractivity contribution is -0.155. The number of hydrogen-bond acceptors (Lipinski definition) is 4. The number of benzene rings is 1. The fourth-order valence-corrected chi connectivity index (χ4v) is 1.39. The first-order valence-corrected chi connectivity index (χ1v) is 6.29. The zero-order chi connectivity index (χ0) is 14.1. The third-order valence-corrected chi connectivity index (χ3v) is 2.36. The molecule has 0 aromatic heterocycles. The van der Waals surface area contributed by atoms with E-state index in [1.54, 1.807) is 0 Å². The third-order valence-electron chi connectivity index (χ3n) is 2.36. The van der Waals surface area contributed by atoms with Gasteiger partial charge in [0.1, 0.15) is 5.75 Å². The van der Waals surface area contributed by atoms with Gasteiger partial charge in [-0.15, -0.1) is 0 Å². The predicted molar refractivity (Wildman–Crippen MR) is 70.5 cm³/mol. The summed E-state index contributed by atoms with van der Waals surface area (Å²) < 4.78 is 5.52. The summed E-state index contributed by atoms with van der Waals surface area (Å²) >= 11 is 0. The van der Waals surface area contributed by atoms with Crippen molar-refractivity contribution in [2.45, 2.75) is 33.1 Å². The second-order valence-corrected chi connectivity index (χ2v) is 4.14. The first-order valence-electron chi connectivity index (χ1n) is 6.29. The van der Waals surface area contributed by atoms with Gasteiger partial charge in [0, 0.05) is 6.92 Å². The SMILES string of the molecule is CCCCOc1ccc(CC(=O)NOC(C)=O)cc1. The maximum absolute atomic E-state index is 11.4. The average molecular weight is 265 g/mol. The van der Waals surface area contributed by atoms with Crippen LogP contribution in [0.3, 0.4) is 0 Å². The number of carbonyl (C=O) groups is 2. The number of ether oxygens (including phenoxy) is 1. The van der Waals surface area contributed by atoms with Crippen molar-refractivity contribution in [2.75, 3.05) is 6.61 Å². The largest absolute Gasteiger partial charge is 0.494 e. The van der Waals surface area contributed by atoms with Crippen molar-refractivity contribution in [1.29, 1.82) is 0 Å². The number of amides is 1. The molecule has 0 aliphatic carbocycles. The number of hydrogen-bond donors (Lipinski definition) is 1. The van der Waals surface area contributed by atoms with Crippen LogP contribution in [0.2, 0.25) is 0 Å². The van der Waals surface area contributed by atoms with Crippen LogP contribution in [0.15, 0.2) is 24.3 Å². The molecule has 0 radical (unpaired) electrons. The number of rotatable bonds is 6. The number of nitrogens with one attached hydrogen (secondary N) is 1. The Morgan fingerprint density at radius 2 is 1.89 bits per heavy atom. The second-order valence-electron chi connectivity index (χ2n) is 4.14. The first kappa shape index (κ1) is 15.0. The second kappa shape index (κ2) is 8.13. The van der Waals surface area contributed by atoms with Gasteiger partial charge in [-0.1, -0.05) is 25.5 Å². The molecule has 5 nitrogen and oxygen atoms in total. The van der Waals surface area contributed by atoms with Crippen LogP contribution in [0, 0.1) is 0 Å². The molecule has 104 valence electrons. The summed E-state index contributed by atoms with van der Waals surface area (Å²) in [5, 5.41) is 0. The van der Waals surface area contributed by atoms with Crippen LogP contribution in [0.1, 0.15) is 32.3 Å². The van der Waals surface area contributed by atoms with Gasteiger partial charge in [0.05, 0.1) is 13.0 Å². The maximum atomic E-state index is 11.4. The molecule has 19 heavy (non-hydrogen) atoms. The van der Waals surface area contributed by atoms with E-state index in [2.05, 4.69) is 17.2 Å². The summed E-state index contributed by atoms with van der Waals surface area (Å²) in [4.78, 5) is 26.3. The van der Waals surface area contributed by atoms with Gasteiger partial charge in [0.25, 0.3) is 5.91 Å². The van der Waals surface area contributed by atoms with E-state index in [4.69, 9.17) is 4.74 Å². The van der Waals surface area contributed by atoms with Crippen LogP contribution < -0.4 is 10.2 Å². The van der Waals surface area contributed by atoms with Crippen molar-refractivity contribution in [3.8, 4) is 5.75 Å². The fraction of sp³-hybridized carbons (Fsp3) is 0.429. The Morgan fingerprint density at radius 3 is 2.47 bits per heavy atom. The van der Waals surface area contributed by atoms with Gasteiger partial charge in [-0.25, -0.2) is 0 Å². The molecule has 1 aromatic carbocycles. The first-order chi connectivity index (χ1) is 9.11. The number of carbonyl (C=O) groups excluding carboxylic acids is 2. The van der Waals surface area contributed by atoms with E-state index in [0.29, 0.717) is 6.61 Å². The van der Waals surface area contributed by atoms with Gasteiger partial charge in [-0.2, -0.15) is 5.48 Å². The lowest BCUT2D eigenvalue weighted by Gasteiger charge is -2.07. The van der Waals surface area contributed by atoms with Gasteiger partial charge in [0.15, 0.2) is 0 Å². The van der Waals surface area contributed by atoms with Gasteiger partial charge >= 0.3 is 5.97 Å². The molecule has 0 aliphatic rings. The van der Waals surface area contributed by atoms with E-state index in [-0.39, 0.29) is 12.3 Å². The normalized spacial score (nSPS) is 9.79. The van der Waals surface area contributed by atoms with Crippen LogP contribution in [0.4, 0.5) is 0 Å². The van der Waals surface area contributed by atoms with Crippen molar-refractivity contribution in [2.24, 2.45) is 0 Å². The summed E-state index contributed by atoms with van der Waals surface area (Å²) in [7, 11) is 0. The third kappa shape index (κ3) is 6.45. The van der Waals surface area contributed by atoms with Crippen molar-refractivity contribution < 1.29 is 19.2 Å². The lowest BCUT2D eigenvalue weighted by atomic mass is 10.1. The van der Waals surface area contributed by atoms with E-state index >= 15 is 0 Å². The molecule has 0 fully saturated rings. The van der Waals surface area contributed by atoms with E-state index in [1.807, 2.05) is 24.3 Å². The van der Waals surface area contributed by atoms with Crippen LogP contribution in [-0.2, 0) is 20.8 Å². The molecular weight excluding hydrogens is 246 g/mol. The van der Waals surface area contributed by atoms with Crippen LogP contribution in [0.25, 0.3) is 0 Å². The molecule has 0 spiro atoms. The molecule has 1 N–H and O–H groups in total. The topological polar surface area (TPSA) is 64.6 Å². The molecule has 0 bridgehead atoms. The van der Waals surface area contributed by atoms with Gasteiger partial charge in [0.2, 0.25) is 0 Å². The Labute approximate surface area is 112 Å². The lowest BCUT2D eigenvalue weighted by Crippen LogP contribution is -2.27. The standard InChI is InChI=1S/C14H19NO4/c1-3-4-9-18-13-7-5-12(6-8-13)10-14(17)15-19-11(2)16/h5-8H,3-4,9-10H2,1-2H3,(H,15,17). The molecule has 0 unspecified atom stereocenters. The summed E-state index contributed by atoms with van der Waals surface area (Å²) in [6.07, 6.45) is 2.27. The van der Waals surface area contributed by atoms with Gasteiger partial charge < -0.3 is 9.57 Å². The van der Waals surface area contributed by atoms with E-state index in [1.165, 1.54) is 6.92 Å². The van der Waals surface area contributed by atoms with Gasteiger partial charge in [-0.3, -0.25) is 9.59 Å². The Balaban J connectivity index is 2.39. The molecule has 0 aliphatic heterocycles. The zero-order valence-corrected chi connectivity index (χ0v) is 11.3. The predicted octanol–water partition coefficient (Wildman–Crippen LogP) is 2.00. The van der Waals surface area contributed by atoms with E-state index in [0.717, 1.165) is 24.2 Å². The Hall–Kier alpha value is -2.04. The highest BCUT2D eigenvalue weighted by atomic mass is 16.7. The Morgan fingerprint density at radius 1 is 1.21 bits per heavy atom. The highest BCUT2D eigenvalue weighted by molar-refractivity contribution is 5.79. The minimum absolute atomic E-state index is 0.155. The molecular formula is C14H19NO4. The Bertz CT molecular complexity index is 414. The number of hydroxylamine groups is 1. The molecule has 0 saturated heterocycles. The van der Waals surface area contributed by atoms with Crippen LogP contribution in [0.5, 0.6) is 5.75 Å². The maximum Gasteiger partial charge on any atom is 0.329 e. The van der Waals surface area contributed by atoms with Crippen LogP contribution in [-0.4, -0.2) is 18.5 Å². The molecule has 1 amide bonds. The smallest absolute Gasteiger partial charge is 0.329 e.